The van der Waals surface area contributed by atoms with Gasteiger partial charge in [-0.05, 0) is 51.0 Å². The number of hydrogen-bond donors (Lipinski definition) is 1. The van der Waals surface area contributed by atoms with E-state index in [1.807, 2.05) is 19.9 Å². The van der Waals surface area contributed by atoms with Crippen LogP contribution < -0.4 is 14.8 Å². The summed E-state index contributed by atoms with van der Waals surface area (Å²) < 4.78 is 17.6. The van der Waals surface area contributed by atoms with Crippen LogP contribution in [0.2, 0.25) is 0 Å². The van der Waals surface area contributed by atoms with Gasteiger partial charge in [-0.15, -0.1) is 0 Å². The third kappa shape index (κ3) is 3.96. The number of esters is 1. The molecule has 0 atom stereocenters. The molecular weight excluding hydrogens is 376 g/mol. The smallest absolute Gasteiger partial charge is 0.325 e. The van der Waals surface area contributed by atoms with Crippen LogP contribution in [0, 0.1) is 13.8 Å². The van der Waals surface area contributed by atoms with E-state index >= 15 is 0 Å². The molecule has 1 aromatic carbocycles. The Balaban J connectivity index is 1.27. The van der Waals surface area contributed by atoms with E-state index in [4.69, 9.17) is 14.2 Å². The molecule has 8 heteroatoms. The highest BCUT2D eigenvalue weighted by Crippen LogP contribution is 2.38. The third-order valence-corrected chi connectivity index (χ3v) is 5.09. The predicted octanol–water partition coefficient (Wildman–Crippen LogP) is 2.32. The van der Waals surface area contributed by atoms with E-state index in [1.54, 1.807) is 18.2 Å². The number of ketones is 1. The SMILES string of the molecule is Cc1cc(C(=O)COC(=O)CNC(=O)c2ccc3c(c2)OCO3)c(C)n1C1CC1. The summed E-state index contributed by atoms with van der Waals surface area (Å²) in [6, 6.07) is 7.07. The number of nitrogens with one attached hydrogen (secondary N) is 1. The zero-order valence-electron chi connectivity index (χ0n) is 16.3. The van der Waals surface area contributed by atoms with Gasteiger partial charge in [-0.25, -0.2) is 0 Å². The Morgan fingerprint density at radius 3 is 2.66 bits per heavy atom. The molecule has 1 aliphatic carbocycles. The molecule has 2 aromatic rings. The highest BCUT2D eigenvalue weighted by molar-refractivity contribution is 6.00. The molecule has 1 aliphatic heterocycles. The number of aryl methyl sites for hydroxylation is 1. The van der Waals surface area contributed by atoms with Gasteiger partial charge in [0, 0.05) is 28.6 Å². The van der Waals surface area contributed by atoms with Crippen LogP contribution in [-0.2, 0) is 9.53 Å². The summed E-state index contributed by atoms with van der Waals surface area (Å²) in [4.78, 5) is 36.6. The lowest BCUT2D eigenvalue weighted by atomic mass is 10.1. The first-order valence-corrected chi connectivity index (χ1v) is 9.49. The van der Waals surface area contributed by atoms with E-state index in [2.05, 4.69) is 9.88 Å². The first-order valence-electron chi connectivity index (χ1n) is 9.49. The van der Waals surface area contributed by atoms with E-state index < -0.39 is 11.9 Å². The quantitative estimate of drug-likeness (QED) is 0.568. The lowest BCUT2D eigenvalue weighted by Crippen LogP contribution is -2.31. The summed E-state index contributed by atoms with van der Waals surface area (Å²) in [5.74, 6) is -0.321. The van der Waals surface area contributed by atoms with Crippen molar-refractivity contribution in [3.8, 4) is 11.5 Å². The molecule has 0 unspecified atom stereocenters. The van der Waals surface area contributed by atoms with Crippen molar-refractivity contribution in [1.82, 2.24) is 9.88 Å². The Hall–Kier alpha value is -3.29. The number of amides is 1. The second kappa shape index (κ2) is 7.62. The molecule has 1 fully saturated rings. The van der Waals surface area contributed by atoms with E-state index in [0.29, 0.717) is 28.7 Å². The number of ether oxygens (including phenoxy) is 3. The second-order valence-corrected chi connectivity index (χ2v) is 7.22. The van der Waals surface area contributed by atoms with Crippen LogP contribution in [0.1, 0.15) is 51.0 Å². The van der Waals surface area contributed by atoms with Gasteiger partial charge in [-0.1, -0.05) is 0 Å². The molecule has 1 N–H and O–H groups in total. The minimum atomic E-state index is -0.677. The molecule has 4 rings (SSSR count). The lowest BCUT2D eigenvalue weighted by Gasteiger charge is -2.08. The van der Waals surface area contributed by atoms with E-state index in [1.165, 1.54) is 0 Å². The number of rotatable bonds is 7. The van der Waals surface area contributed by atoms with Crippen LogP contribution in [0.4, 0.5) is 0 Å². The normalized spacial score (nSPS) is 14.6. The third-order valence-electron chi connectivity index (χ3n) is 5.09. The topological polar surface area (TPSA) is 95.9 Å². The molecule has 0 radical (unpaired) electrons. The number of fused-ring (bicyclic) bond motifs is 1. The zero-order chi connectivity index (χ0) is 20.5. The van der Waals surface area contributed by atoms with Crippen LogP contribution >= 0.6 is 0 Å². The fourth-order valence-electron chi connectivity index (χ4n) is 3.52. The van der Waals surface area contributed by atoms with Crippen molar-refractivity contribution in [3.05, 3.63) is 46.8 Å². The molecule has 1 saturated carbocycles. The van der Waals surface area contributed by atoms with Crippen molar-refractivity contribution in [3.63, 3.8) is 0 Å². The molecule has 0 spiro atoms. The molecule has 2 heterocycles. The summed E-state index contributed by atoms with van der Waals surface area (Å²) in [6.45, 7) is 3.31. The van der Waals surface area contributed by atoms with Gasteiger partial charge in [-0.3, -0.25) is 14.4 Å². The highest BCUT2D eigenvalue weighted by Gasteiger charge is 2.28. The van der Waals surface area contributed by atoms with Gasteiger partial charge in [0.1, 0.15) is 6.54 Å². The number of aromatic nitrogens is 1. The molecule has 0 saturated heterocycles. The van der Waals surface area contributed by atoms with Crippen LogP contribution in [0.3, 0.4) is 0 Å². The van der Waals surface area contributed by atoms with Gasteiger partial charge in [0.25, 0.3) is 5.91 Å². The minimum Gasteiger partial charge on any atom is -0.456 e. The van der Waals surface area contributed by atoms with Crippen molar-refractivity contribution in [2.24, 2.45) is 0 Å². The molecule has 0 bridgehead atoms. The van der Waals surface area contributed by atoms with Gasteiger partial charge in [0.15, 0.2) is 18.1 Å². The number of benzene rings is 1. The first-order chi connectivity index (χ1) is 13.9. The molecular formula is C21H22N2O6. The lowest BCUT2D eigenvalue weighted by molar-refractivity contribution is -0.141. The Labute approximate surface area is 167 Å². The van der Waals surface area contributed by atoms with Gasteiger partial charge in [0.05, 0.1) is 0 Å². The number of hydrogen-bond acceptors (Lipinski definition) is 6. The van der Waals surface area contributed by atoms with Crippen molar-refractivity contribution in [1.29, 1.82) is 0 Å². The highest BCUT2D eigenvalue weighted by atomic mass is 16.7. The molecule has 29 heavy (non-hydrogen) atoms. The summed E-state index contributed by atoms with van der Waals surface area (Å²) >= 11 is 0. The van der Waals surface area contributed by atoms with E-state index in [-0.39, 0.29) is 25.7 Å². The summed E-state index contributed by atoms with van der Waals surface area (Å²) in [7, 11) is 0. The monoisotopic (exact) mass is 398 g/mol. The molecule has 2 aliphatic rings. The summed E-state index contributed by atoms with van der Waals surface area (Å²) in [5.41, 5.74) is 2.86. The van der Waals surface area contributed by atoms with Crippen molar-refractivity contribution >= 4 is 17.7 Å². The first kappa shape index (κ1) is 19.0. The fourth-order valence-corrected chi connectivity index (χ4v) is 3.52. The maximum atomic E-state index is 12.4. The molecule has 152 valence electrons. The van der Waals surface area contributed by atoms with E-state index in [0.717, 1.165) is 24.2 Å². The molecule has 1 amide bonds. The van der Waals surface area contributed by atoms with Gasteiger partial charge in [-0.2, -0.15) is 0 Å². The van der Waals surface area contributed by atoms with Crippen LogP contribution in [-0.4, -0.2) is 42.2 Å². The van der Waals surface area contributed by atoms with Gasteiger partial charge in [0.2, 0.25) is 12.6 Å². The second-order valence-electron chi connectivity index (χ2n) is 7.22. The summed E-state index contributed by atoms with van der Waals surface area (Å²) in [6.07, 6.45) is 2.25. The van der Waals surface area contributed by atoms with Crippen molar-refractivity contribution in [2.75, 3.05) is 19.9 Å². The van der Waals surface area contributed by atoms with Crippen molar-refractivity contribution < 1.29 is 28.6 Å². The van der Waals surface area contributed by atoms with Crippen molar-refractivity contribution in [2.45, 2.75) is 32.7 Å². The van der Waals surface area contributed by atoms with Gasteiger partial charge >= 0.3 is 5.97 Å². The molecule has 8 nitrogen and oxygen atoms in total. The maximum absolute atomic E-state index is 12.4. The average molecular weight is 398 g/mol. The number of Topliss-reactive ketones (excluding diaryl/α,β-unsaturated/α-hetero) is 1. The fraction of sp³-hybridized carbons (Fsp3) is 0.381. The minimum absolute atomic E-state index is 0.115. The van der Waals surface area contributed by atoms with Crippen LogP contribution in [0.5, 0.6) is 11.5 Å². The largest absolute Gasteiger partial charge is 0.456 e. The molecule has 1 aromatic heterocycles. The van der Waals surface area contributed by atoms with Crippen LogP contribution in [0.25, 0.3) is 0 Å². The average Bonchev–Trinajstić information content (AvgIpc) is 3.34. The number of nitrogens with zero attached hydrogens (tertiary/aromatic N) is 1. The maximum Gasteiger partial charge on any atom is 0.325 e. The predicted molar refractivity (Wildman–Crippen MR) is 102 cm³/mol. The Kier molecular flexibility index (Phi) is 5.00. The summed E-state index contributed by atoms with van der Waals surface area (Å²) in [5, 5.41) is 2.48. The number of carbonyl (C=O) groups is 3. The standard InChI is InChI=1S/C21H22N2O6/c1-12-7-16(13(2)23(12)15-4-5-15)17(24)10-27-20(25)9-22-21(26)14-3-6-18-19(8-14)29-11-28-18/h3,6-8,15H,4-5,9-11H2,1-2H3,(H,22,26). The number of carbonyl (C=O) groups excluding carboxylic acids is 3. The van der Waals surface area contributed by atoms with Crippen LogP contribution in [0.15, 0.2) is 24.3 Å². The Morgan fingerprint density at radius 1 is 1.14 bits per heavy atom. The van der Waals surface area contributed by atoms with Gasteiger partial charge < -0.3 is 24.1 Å². The van der Waals surface area contributed by atoms with E-state index in [9.17, 15) is 14.4 Å². The zero-order valence-corrected chi connectivity index (χ0v) is 16.3. The Morgan fingerprint density at radius 2 is 1.90 bits per heavy atom. The Bertz CT molecular complexity index is 989.